The first-order valence-corrected chi connectivity index (χ1v) is 22.1. The molecule has 1 aliphatic heterocycles. The molecule has 2 aliphatic carbocycles. The molecule has 3 aliphatic rings. The summed E-state index contributed by atoms with van der Waals surface area (Å²) in [5, 5.41) is 0. The number of fused-ring (bicyclic) bond motifs is 12. The van der Waals surface area contributed by atoms with E-state index in [4.69, 9.17) is 29.7 Å². The van der Waals surface area contributed by atoms with E-state index in [-0.39, 0.29) is 5.41 Å². The van der Waals surface area contributed by atoms with Gasteiger partial charge in [-0.1, -0.05) is 196 Å². The third-order valence-electron chi connectivity index (χ3n) is 13.6. The smallest absolute Gasteiger partial charge is 0.164 e. The van der Waals surface area contributed by atoms with Crippen LogP contribution in [0.3, 0.4) is 0 Å². The van der Waals surface area contributed by atoms with Crippen LogP contribution in [-0.4, -0.2) is 24.9 Å². The number of nitrogens with zero attached hydrogens (tertiary/aromatic N) is 5. The molecule has 0 atom stereocenters. The Morgan fingerprint density at radius 1 is 0.338 bits per heavy atom. The zero-order valence-corrected chi connectivity index (χ0v) is 35.7. The van der Waals surface area contributed by atoms with Crippen molar-refractivity contribution >= 4 is 0 Å². The first kappa shape index (κ1) is 37.2. The number of aromatic nitrogens is 5. The van der Waals surface area contributed by atoms with Gasteiger partial charge in [0.2, 0.25) is 0 Å². The summed E-state index contributed by atoms with van der Waals surface area (Å²) in [4.78, 5) is 26.7. The van der Waals surface area contributed by atoms with E-state index in [0.29, 0.717) is 23.3 Å². The molecule has 0 saturated carbocycles. The quantitative estimate of drug-likeness (QED) is 0.172. The van der Waals surface area contributed by atoms with Crippen LogP contribution in [0, 0.1) is 0 Å². The molecule has 6 heteroatoms. The van der Waals surface area contributed by atoms with Gasteiger partial charge in [0.15, 0.2) is 23.3 Å². The fraction of sp³-hybridized carbons (Fsp3) is 0.0678. The summed E-state index contributed by atoms with van der Waals surface area (Å²) in [5.41, 5.74) is 15.7. The third kappa shape index (κ3) is 5.44. The molecular weight excluding hydrogens is 795 g/mol. The summed E-state index contributed by atoms with van der Waals surface area (Å²) < 4.78 is 6.72. The Labute approximate surface area is 377 Å². The molecule has 13 rings (SSSR count). The molecule has 0 N–H and O–H groups in total. The number of rotatable bonds is 5. The standard InChI is InChI=1S/C59H39N5O/c1-58(2)43-27-13-12-25-40(43)51-52(36-19-6-3-7-20-36)60-56(61-53(51)58)39-33-34-44-42(35-39)50-41(57-63-54(37-21-8-4-9-22-37)62-55(64-57)38-23-10-5-11-24-38)26-18-30-47(50)59(44)45-28-14-16-31-48(45)65-49-32-17-15-29-46(49)59/h3-35H,1-2H3. The average Bonchev–Trinajstić information content (AvgIpc) is 3.79. The van der Waals surface area contributed by atoms with E-state index < -0.39 is 5.41 Å². The molecular formula is C59H39N5O. The lowest BCUT2D eigenvalue weighted by molar-refractivity contribution is 0.436. The van der Waals surface area contributed by atoms with Gasteiger partial charge in [0.25, 0.3) is 0 Å². The lowest BCUT2D eigenvalue weighted by Crippen LogP contribution is -2.32. The zero-order chi connectivity index (χ0) is 43.3. The van der Waals surface area contributed by atoms with Crippen molar-refractivity contribution in [3.63, 3.8) is 0 Å². The molecule has 0 bridgehead atoms. The number of benzene rings is 8. The van der Waals surface area contributed by atoms with Crippen LogP contribution in [0.25, 0.3) is 79.1 Å². The van der Waals surface area contributed by atoms with Gasteiger partial charge in [-0.3, -0.25) is 0 Å². The van der Waals surface area contributed by atoms with E-state index >= 15 is 0 Å². The number of hydrogen-bond donors (Lipinski definition) is 0. The van der Waals surface area contributed by atoms with Crippen LogP contribution in [0.4, 0.5) is 0 Å². The summed E-state index contributed by atoms with van der Waals surface area (Å²) in [6, 6.07) is 69.8. The van der Waals surface area contributed by atoms with Crippen LogP contribution in [0.15, 0.2) is 200 Å². The maximum Gasteiger partial charge on any atom is 0.164 e. The fourth-order valence-electron chi connectivity index (χ4n) is 10.7. The van der Waals surface area contributed by atoms with Crippen molar-refractivity contribution < 1.29 is 4.74 Å². The number of hydrogen-bond acceptors (Lipinski definition) is 6. The summed E-state index contributed by atoms with van der Waals surface area (Å²) in [6.45, 7) is 4.56. The van der Waals surface area contributed by atoms with Gasteiger partial charge < -0.3 is 4.74 Å². The minimum atomic E-state index is -0.722. The number of para-hydroxylation sites is 2. The van der Waals surface area contributed by atoms with Crippen molar-refractivity contribution in [3.8, 4) is 90.6 Å². The van der Waals surface area contributed by atoms with Gasteiger partial charge in [0.05, 0.1) is 16.8 Å². The molecule has 6 nitrogen and oxygen atoms in total. The predicted octanol–water partition coefficient (Wildman–Crippen LogP) is 13.8. The van der Waals surface area contributed by atoms with Crippen molar-refractivity contribution in [2.75, 3.05) is 0 Å². The second kappa shape index (κ2) is 14.1. The van der Waals surface area contributed by atoms with Crippen molar-refractivity contribution in [3.05, 3.63) is 234 Å². The van der Waals surface area contributed by atoms with Crippen LogP contribution in [-0.2, 0) is 10.8 Å². The van der Waals surface area contributed by atoms with Crippen molar-refractivity contribution in [2.45, 2.75) is 24.7 Å². The van der Waals surface area contributed by atoms with Gasteiger partial charge in [-0.15, -0.1) is 0 Å². The molecule has 306 valence electrons. The number of ether oxygens (including phenoxy) is 1. The largest absolute Gasteiger partial charge is 0.457 e. The monoisotopic (exact) mass is 833 g/mol. The minimum absolute atomic E-state index is 0.338. The predicted molar refractivity (Wildman–Crippen MR) is 258 cm³/mol. The Hall–Kier alpha value is -8.35. The second-order valence-electron chi connectivity index (χ2n) is 17.5. The Kier molecular flexibility index (Phi) is 8.06. The van der Waals surface area contributed by atoms with Gasteiger partial charge in [-0.05, 0) is 51.6 Å². The van der Waals surface area contributed by atoms with Crippen LogP contribution in [0.5, 0.6) is 11.5 Å². The van der Waals surface area contributed by atoms with Gasteiger partial charge in [-0.25, -0.2) is 24.9 Å². The van der Waals surface area contributed by atoms with Crippen molar-refractivity contribution in [1.82, 2.24) is 24.9 Å². The highest BCUT2D eigenvalue weighted by Crippen LogP contribution is 2.64. The Morgan fingerprint density at radius 3 is 1.49 bits per heavy atom. The van der Waals surface area contributed by atoms with Crippen LogP contribution in [0.2, 0.25) is 0 Å². The van der Waals surface area contributed by atoms with Crippen molar-refractivity contribution in [1.29, 1.82) is 0 Å². The van der Waals surface area contributed by atoms with Crippen LogP contribution < -0.4 is 4.74 Å². The highest BCUT2D eigenvalue weighted by molar-refractivity contribution is 5.97. The Balaban J connectivity index is 1.11. The molecule has 0 unspecified atom stereocenters. The third-order valence-corrected chi connectivity index (χ3v) is 13.6. The molecule has 0 fully saturated rings. The van der Waals surface area contributed by atoms with E-state index in [1.54, 1.807) is 0 Å². The first-order valence-electron chi connectivity index (χ1n) is 22.1. The van der Waals surface area contributed by atoms with E-state index in [9.17, 15) is 0 Å². The van der Waals surface area contributed by atoms with E-state index in [0.717, 1.165) is 89.6 Å². The molecule has 65 heavy (non-hydrogen) atoms. The lowest BCUT2D eigenvalue weighted by atomic mass is 9.66. The molecule has 1 spiro atoms. The topological polar surface area (TPSA) is 73.7 Å². The lowest BCUT2D eigenvalue weighted by Gasteiger charge is -2.39. The van der Waals surface area contributed by atoms with E-state index in [1.807, 2.05) is 48.5 Å². The van der Waals surface area contributed by atoms with Crippen molar-refractivity contribution in [2.24, 2.45) is 0 Å². The highest BCUT2D eigenvalue weighted by atomic mass is 16.5. The minimum Gasteiger partial charge on any atom is -0.457 e. The highest BCUT2D eigenvalue weighted by Gasteiger charge is 2.52. The van der Waals surface area contributed by atoms with Crippen LogP contribution in [0.1, 0.15) is 47.4 Å². The first-order chi connectivity index (χ1) is 32.0. The van der Waals surface area contributed by atoms with Gasteiger partial charge >= 0.3 is 0 Å². The summed E-state index contributed by atoms with van der Waals surface area (Å²) in [6.07, 6.45) is 0. The summed E-state index contributed by atoms with van der Waals surface area (Å²) in [5.74, 6) is 4.15. The molecule has 0 radical (unpaired) electrons. The summed E-state index contributed by atoms with van der Waals surface area (Å²) in [7, 11) is 0. The molecule has 0 amide bonds. The Bertz CT molecular complexity index is 3450. The zero-order valence-electron chi connectivity index (χ0n) is 35.7. The summed E-state index contributed by atoms with van der Waals surface area (Å²) >= 11 is 0. The van der Waals surface area contributed by atoms with E-state index in [1.165, 1.54) is 11.1 Å². The Morgan fingerprint density at radius 2 is 0.846 bits per heavy atom. The fourth-order valence-corrected chi connectivity index (χ4v) is 10.7. The molecule has 3 heterocycles. The SMILES string of the molecule is CC1(C)c2ccccc2-c2c(-c3ccccc3)nc(-c3ccc4c(c3)-c3c(-c5nc(-c6ccccc6)nc(-c6ccccc6)n5)cccc3C43c4ccccc4Oc4ccccc43)nc21. The molecule has 2 aromatic heterocycles. The van der Waals surface area contributed by atoms with Gasteiger partial charge in [-0.2, -0.15) is 0 Å². The van der Waals surface area contributed by atoms with Gasteiger partial charge in [0, 0.05) is 49.9 Å². The van der Waals surface area contributed by atoms with E-state index in [2.05, 4.69) is 166 Å². The normalized spacial score (nSPS) is 14.1. The maximum absolute atomic E-state index is 6.72. The maximum atomic E-state index is 6.72. The van der Waals surface area contributed by atoms with Gasteiger partial charge in [0.1, 0.15) is 11.5 Å². The molecule has 10 aromatic rings. The second-order valence-corrected chi connectivity index (χ2v) is 17.5. The molecule has 8 aromatic carbocycles. The van der Waals surface area contributed by atoms with Crippen LogP contribution >= 0.6 is 0 Å². The average molecular weight is 834 g/mol. The molecule has 0 saturated heterocycles.